The number of carbonyl (C=O) groups excluding carboxylic acids is 1. The minimum atomic E-state index is -0.581. The number of benzene rings is 2. The van der Waals surface area contributed by atoms with Gasteiger partial charge in [-0.25, -0.2) is 4.79 Å². The predicted octanol–water partition coefficient (Wildman–Crippen LogP) is 1.57. The van der Waals surface area contributed by atoms with Crippen LogP contribution in [-0.4, -0.2) is 15.3 Å². The summed E-state index contributed by atoms with van der Waals surface area (Å²) in [5.74, 6) is -0.279. The van der Waals surface area contributed by atoms with E-state index in [1.807, 2.05) is 0 Å². The third-order valence-corrected chi connectivity index (χ3v) is 3.29. The molecule has 5 nitrogen and oxygen atoms in total. The zero-order valence-corrected chi connectivity index (χ0v) is 11.1. The summed E-state index contributed by atoms with van der Waals surface area (Å²) in [4.78, 5) is 39.0. The second kappa shape index (κ2) is 5.20. The first kappa shape index (κ1) is 13.1. The molecule has 0 amide bonds. The van der Waals surface area contributed by atoms with Crippen molar-refractivity contribution in [3.05, 3.63) is 81.0 Å². The largest absolute Gasteiger partial charge is 0.329 e. The first-order valence-electron chi connectivity index (χ1n) is 6.47. The lowest BCUT2D eigenvalue weighted by Gasteiger charge is -2.05. The quantitative estimate of drug-likeness (QED) is 0.740. The summed E-state index contributed by atoms with van der Waals surface area (Å²) in [6.07, 6.45) is 0. The Balaban J connectivity index is 2.08. The molecule has 21 heavy (non-hydrogen) atoms. The zero-order valence-electron chi connectivity index (χ0n) is 11.1. The Morgan fingerprint density at radius 2 is 1.62 bits per heavy atom. The van der Waals surface area contributed by atoms with E-state index >= 15 is 0 Å². The smallest absolute Gasteiger partial charge is 0.307 e. The summed E-state index contributed by atoms with van der Waals surface area (Å²) in [5.41, 5.74) is -0.102. The molecule has 0 saturated carbocycles. The molecule has 0 atom stereocenters. The lowest BCUT2D eigenvalue weighted by Crippen LogP contribution is -2.37. The van der Waals surface area contributed by atoms with Gasteiger partial charge in [-0.2, -0.15) is 0 Å². The van der Waals surface area contributed by atoms with E-state index in [1.165, 1.54) is 0 Å². The molecule has 0 radical (unpaired) electrons. The van der Waals surface area contributed by atoms with Crippen molar-refractivity contribution in [3.8, 4) is 0 Å². The topological polar surface area (TPSA) is 71.9 Å². The highest BCUT2D eigenvalue weighted by Gasteiger charge is 2.12. The number of nitrogens with zero attached hydrogens (tertiary/aromatic N) is 1. The number of aromatic nitrogens is 2. The summed E-state index contributed by atoms with van der Waals surface area (Å²) >= 11 is 0. The van der Waals surface area contributed by atoms with Crippen LogP contribution in [0.15, 0.2) is 64.2 Å². The Bertz CT molecular complexity index is 923. The molecule has 1 aromatic heterocycles. The van der Waals surface area contributed by atoms with E-state index in [4.69, 9.17) is 0 Å². The van der Waals surface area contributed by atoms with Crippen molar-refractivity contribution in [1.29, 1.82) is 0 Å². The molecule has 0 bridgehead atoms. The number of para-hydroxylation sites is 1. The van der Waals surface area contributed by atoms with Gasteiger partial charge in [-0.05, 0) is 12.1 Å². The van der Waals surface area contributed by atoms with Gasteiger partial charge in [0.15, 0.2) is 5.78 Å². The Morgan fingerprint density at radius 3 is 2.38 bits per heavy atom. The fourth-order valence-corrected chi connectivity index (χ4v) is 2.20. The van der Waals surface area contributed by atoms with Gasteiger partial charge in [-0.15, -0.1) is 0 Å². The third-order valence-electron chi connectivity index (χ3n) is 3.29. The van der Waals surface area contributed by atoms with Crippen molar-refractivity contribution in [1.82, 2.24) is 9.55 Å². The summed E-state index contributed by atoms with van der Waals surface area (Å²) in [6, 6.07) is 15.3. The van der Waals surface area contributed by atoms with E-state index < -0.39 is 11.2 Å². The van der Waals surface area contributed by atoms with Gasteiger partial charge in [0.05, 0.1) is 17.4 Å². The van der Waals surface area contributed by atoms with Gasteiger partial charge in [0.25, 0.3) is 5.56 Å². The number of ketones is 1. The summed E-state index contributed by atoms with van der Waals surface area (Å²) in [6.45, 7) is -0.275. The van der Waals surface area contributed by atoms with Crippen LogP contribution in [0.2, 0.25) is 0 Å². The number of Topliss-reactive ketones (excluding diaryl/α,β-unsaturated/α-hetero) is 1. The molecule has 1 N–H and O–H groups in total. The van der Waals surface area contributed by atoms with Crippen molar-refractivity contribution in [2.45, 2.75) is 6.54 Å². The van der Waals surface area contributed by atoms with Crippen LogP contribution in [0.25, 0.3) is 10.9 Å². The standard InChI is InChI=1S/C16H12N2O3/c19-14(11-6-2-1-3-7-11)10-18-15(20)12-8-4-5-9-13(12)17-16(18)21/h1-9H,10H2,(H,17,21). The van der Waals surface area contributed by atoms with Crippen LogP contribution in [0.1, 0.15) is 10.4 Å². The Kier molecular flexibility index (Phi) is 3.23. The lowest BCUT2D eigenvalue weighted by atomic mass is 10.1. The number of carbonyl (C=O) groups is 1. The molecule has 0 saturated heterocycles. The maximum Gasteiger partial charge on any atom is 0.329 e. The zero-order chi connectivity index (χ0) is 14.8. The van der Waals surface area contributed by atoms with Gasteiger partial charge in [-0.3, -0.25) is 14.2 Å². The van der Waals surface area contributed by atoms with Crippen LogP contribution in [-0.2, 0) is 6.54 Å². The molecule has 0 aliphatic heterocycles. The Labute approximate surface area is 119 Å². The molecule has 0 spiro atoms. The SMILES string of the molecule is O=C(Cn1c(=O)[nH]c2ccccc2c1=O)c1ccccc1. The average Bonchev–Trinajstić information content (AvgIpc) is 2.52. The second-order valence-corrected chi connectivity index (χ2v) is 4.66. The maximum atomic E-state index is 12.3. The van der Waals surface area contributed by atoms with Crippen LogP contribution < -0.4 is 11.2 Å². The number of aromatic amines is 1. The van der Waals surface area contributed by atoms with E-state index in [1.54, 1.807) is 54.6 Å². The van der Waals surface area contributed by atoms with Gasteiger partial charge in [0.2, 0.25) is 0 Å². The molecular formula is C16H12N2O3. The lowest BCUT2D eigenvalue weighted by molar-refractivity contribution is 0.0969. The van der Waals surface area contributed by atoms with Crippen LogP contribution in [0, 0.1) is 0 Å². The Hall–Kier alpha value is -2.95. The predicted molar refractivity (Wildman–Crippen MR) is 79.6 cm³/mol. The highest BCUT2D eigenvalue weighted by atomic mass is 16.2. The van der Waals surface area contributed by atoms with E-state index in [0.717, 1.165) is 4.57 Å². The van der Waals surface area contributed by atoms with Crippen molar-refractivity contribution in [2.75, 3.05) is 0 Å². The fourth-order valence-electron chi connectivity index (χ4n) is 2.20. The van der Waals surface area contributed by atoms with Crippen molar-refractivity contribution in [2.24, 2.45) is 0 Å². The molecule has 3 aromatic rings. The number of H-pyrrole nitrogens is 1. The maximum absolute atomic E-state index is 12.3. The average molecular weight is 280 g/mol. The molecule has 104 valence electrons. The van der Waals surface area contributed by atoms with E-state index in [2.05, 4.69) is 4.98 Å². The number of hydrogen-bond donors (Lipinski definition) is 1. The summed E-state index contributed by atoms with van der Waals surface area (Å²) < 4.78 is 0.928. The van der Waals surface area contributed by atoms with Gasteiger partial charge in [0.1, 0.15) is 0 Å². The minimum Gasteiger partial charge on any atom is -0.307 e. The van der Waals surface area contributed by atoms with Crippen LogP contribution in [0.5, 0.6) is 0 Å². The van der Waals surface area contributed by atoms with Gasteiger partial charge in [-0.1, -0.05) is 42.5 Å². The summed E-state index contributed by atoms with van der Waals surface area (Å²) in [7, 11) is 0. The Morgan fingerprint density at radius 1 is 0.952 bits per heavy atom. The van der Waals surface area contributed by atoms with Gasteiger partial charge < -0.3 is 4.98 Å². The monoisotopic (exact) mass is 280 g/mol. The van der Waals surface area contributed by atoms with Crippen molar-refractivity contribution < 1.29 is 4.79 Å². The van der Waals surface area contributed by atoms with E-state index in [-0.39, 0.29) is 12.3 Å². The van der Waals surface area contributed by atoms with Crippen LogP contribution in [0.3, 0.4) is 0 Å². The number of hydrogen-bond acceptors (Lipinski definition) is 3. The highest BCUT2D eigenvalue weighted by Crippen LogP contribution is 2.04. The molecule has 2 aromatic carbocycles. The van der Waals surface area contributed by atoms with Gasteiger partial charge >= 0.3 is 5.69 Å². The first-order valence-corrected chi connectivity index (χ1v) is 6.47. The van der Waals surface area contributed by atoms with E-state index in [9.17, 15) is 14.4 Å². The molecule has 0 unspecified atom stereocenters. The third kappa shape index (κ3) is 2.41. The van der Waals surface area contributed by atoms with Crippen molar-refractivity contribution >= 4 is 16.7 Å². The number of rotatable bonds is 3. The molecule has 0 aliphatic carbocycles. The highest BCUT2D eigenvalue weighted by molar-refractivity contribution is 5.95. The first-order chi connectivity index (χ1) is 10.2. The molecule has 0 aliphatic rings. The fraction of sp³-hybridized carbons (Fsp3) is 0.0625. The number of fused-ring (bicyclic) bond motifs is 1. The van der Waals surface area contributed by atoms with Gasteiger partial charge in [0, 0.05) is 5.56 Å². The number of nitrogens with one attached hydrogen (secondary N) is 1. The van der Waals surface area contributed by atoms with Crippen LogP contribution >= 0.6 is 0 Å². The molecule has 0 fully saturated rings. The second-order valence-electron chi connectivity index (χ2n) is 4.66. The van der Waals surface area contributed by atoms with E-state index in [0.29, 0.717) is 16.5 Å². The normalized spacial score (nSPS) is 10.7. The molecule has 3 rings (SSSR count). The van der Waals surface area contributed by atoms with Crippen LogP contribution in [0.4, 0.5) is 0 Å². The molecule has 1 heterocycles. The molecular weight excluding hydrogens is 268 g/mol. The minimum absolute atomic E-state index is 0.275. The summed E-state index contributed by atoms with van der Waals surface area (Å²) in [5, 5.41) is 0.387. The van der Waals surface area contributed by atoms with Crippen molar-refractivity contribution in [3.63, 3.8) is 0 Å². The molecule has 5 heteroatoms.